The van der Waals surface area contributed by atoms with Gasteiger partial charge in [-0.25, -0.2) is 4.98 Å². The second kappa shape index (κ2) is 4.34. The normalized spacial score (nSPS) is 16.4. The largest absolute Gasteiger partial charge is 0.378 e. The lowest BCUT2D eigenvalue weighted by Crippen LogP contribution is -2.37. The molecule has 0 radical (unpaired) electrons. The van der Waals surface area contributed by atoms with E-state index >= 15 is 0 Å². The zero-order chi connectivity index (χ0) is 11.7. The Hall–Kier alpha value is -1.61. The summed E-state index contributed by atoms with van der Waals surface area (Å²) in [6.07, 6.45) is 0. The van der Waals surface area contributed by atoms with Crippen molar-refractivity contribution in [2.45, 2.75) is 6.92 Å². The predicted octanol–water partition coefficient (Wildman–Crippen LogP) is 2.38. The Morgan fingerprint density at radius 2 is 1.94 bits per heavy atom. The number of rotatable bonds is 1. The van der Waals surface area contributed by atoms with E-state index in [0.717, 1.165) is 37.8 Å². The van der Waals surface area contributed by atoms with E-state index in [2.05, 4.69) is 42.2 Å². The third-order valence-electron chi connectivity index (χ3n) is 3.16. The van der Waals surface area contributed by atoms with Gasteiger partial charge < -0.3 is 9.64 Å². The fraction of sp³-hybridized carbons (Fsp3) is 0.357. The van der Waals surface area contributed by atoms with Gasteiger partial charge in [-0.05, 0) is 18.4 Å². The highest BCUT2D eigenvalue weighted by Gasteiger charge is 2.15. The van der Waals surface area contributed by atoms with Crippen molar-refractivity contribution in [3.63, 3.8) is 0 Å². The Bertz CT molecular complexity index is 533. The molecule has 0 bridgehead atoms. The number of benzene rings is 1. The highest BCUT2D eigenvalue weighted by atomic mass is 16.5. The number of fused-ring (bicyclic) bond motifs is 1. The Kier molecular flexibility index (Phi) is 2.69. The number of morpholine rings is 1. The van der Waals surface area contributed by atoms with Gasteiger partial charge in [-0.3, -0.25) is 0 Å². The second-order valence-electron chi connectivity index (χ2n) is 4.41. The van der Waals surface area contributed by atoms with Crippen LogP contribution in [0.25, 0.3) is 10.8 Å². The van der Waals surface area contributed by atoms with Crippen molar-refractivity contribution in [3.8, 4) is 0 Å². The average Bonchev–Trinajstić information content (AvgIpc) is 2.39. The topological polar surface area (TPSA) is 25.4 Å². The summed E-state index contributed by atoms with van der Waals surface area (Å²) in [5.41, 5.74) is 1.07. The van der Waals surface area contributed by atoms with E-state index in [9.17, 15) is 0 Å². The SMILES string of the molecule is Cc1cc2ccccc2c(N2CCOCC2)n1. The van der Waals surface area contributed by atoms with Crippen LogP contribution in [0.3, 0.4) is 0 Å². The van der Waals surface area contributed by atoms with E-state index in [1.165, 1.54) is 10.8 Å². The summed E-state index contributed by atoms with van der Waals surface area (Å²) in [4.78, 5) is 7.01. The standard InChI is InChI=1S/C14H16N2O/c1-11-10-12-4-2-3-5-13(12)14(15-11)16-6-8-17-9-7-16/h2-5,10H,6-9H2,1H3. The molecule has 0 saturated carbocycles. The van der Waals surface area contributed by atoms with Gasteiger partial charge in [0.1, 0.15) is 5.82 Å². The summed E-state index contributed by atoms with van der Waals surface area (Å²) in [6.45, 7) is 5.51. The van der Waals surface area contributed by atoms with E-state index < -0.39 is 0 Å². The third kappa shape index (κ3) is 1.98. The highest BCUT2D eigenvalue weighted by Crippen LogP contribution is 2.26. The quantitative estimate of drug-likeness (QED) is 0.749. The number of hydrogen-bond acceptors (Lipinski definition) is 3. The first-order valence-corrected chi connectivity index (χ1v) is 6.04. The first-order chi connectivity index (χ1) is 8.34. The molecule has 0 unspecified atom stereocenters. The summed E-state index contributed by atoms with van der Waals surface area (Å²) >= 11 is 0. The van der Waals surface area contributed by atoms with E-state index in [0.29, 0.717) is 0 Å². The zero-order valence-electron chi connectivity index (χ0n) is 10.0. The molecule has 1 saturated heterocycles. The van der Waals surface area contributed by atoms with Crippen molar-refractivity contribution in [3.05, 3.63) is 36.0 Å². The van der Waals surface area contributed by atoms with Gasteiger partial charge in [0.15, 0.2) is 0 Å². The molecule has 1 aliphatic heterocycles. The van der Waals surface area contributed by atoms with Crippen LogP contribution in [0.5, 0.6) is 0 Å². The second-order valence-corrected chi connectivity index (χ2v) is 4.41. The van der Waals surface area contributed by atoms with Crippen LogP contribution in [-0.2, 0) is 4.74 Å². The maximum atomic E-state index is 5.39. The van der Waals surface area contributed by atoms with E-state index in [-0.39, 0.29) is 0 Å². The minimum absolute atomic E-state index is 0.796. The Balaban J connectivity index is 2.13. The molecule has 2 heterocycles. The van der Waals surface area contributed by atoms with Gasteiger partial charge in [-0.2, -0.15) is 0 Å². The van der Waals surface area contributed by atoms with Gasteiger partial charge in [-0.1, -0.05) is 24.3 Å². The van der Waals surface area contributed by atoms with Gasteiger partial charge >= 0.3 is 0 Å². The van der Waals surface area contributed by atoms with Gasteiger partial charge in [0.05, 0.1) is 13.2 Å². The maximum Gasteiger partial charge on any atom is 0.136 e. The molecule has 0 aliphatic carbocycles. The molecule has 3 heteroatoms. The number of aromatic nitrogens is 1. The van der Waals surface area contributed by atoms with Crippen molar-refractivity contribution < 1.29 is 4.74 Å². The third-order valence-corrected chi connectivity index (χ3v) is 3.16. The molecular weight excluding hydrogens is 212 g/mol. The summed E-state index contributed by atoms with van der Waals surface area (Å²) in [6, 6.07) is 10.6. The fourth-order valence-corrected chi connectivity index (χ4v) is 2.33. The first-order valence-electron chi connectivity index (χ1n) is 6.04. The average molecular weight is 228 g/mol. The molecule has 0 N–H and O–H groups in total. The first kappa shape index (κ1) is 10.5. The zero-order valence-corrected chi connectivity index (χ0v) is 10.0. The Labute approximate surface area is 101 Å². The number of nitrogens with zero attached hydrogens (tertiary/aromatic N) is 2. The summed E-state index contributed by atoms with van der Waals surface area (Å²) in [5, 5.41) is 2.50. The van der Waals surface area contributed by atoms with E-state index in [1.807, 2.05) is 0 Å². The van der Waals surface area contributed by atoms with Crippen molar-refractivity contribution in [2.75, 3.05) is 31.2 Å². The lowest BCUT2D eigenvalue weighted by Gasteiger charge is -2.29. The summed E-state index contributed by atoms with van der Waals surface area (Å²) < 4.78 is 5.39. The minimum atomic E-state index is 0.796. The molecule has 3 nitrogen and oxygen atoms in total. The van der Waals surface area contributed by atoms with E-state index in [4.69, 9.17) is 9.72 Å². The fourth-order valence-electron chi connectivity index (χ4n) is 2.33. The molecule has 88 valence electrons. The lowest BCUT2D eigenvalue weighted by atomic mass is 10.1. The predicted molar refractivity (Wildman–Crippen MR) is 69.5 cm³/mol. The number of hydrogen-bond donors (Lipinski definition) is 0. The number of anilines is 1. The molecular formula is C14H16N2O. The molecule has 0 atom stereocenters. The summed E-state index contributed by atoms with van der Waals surface area (Å²) in [7, 11) is 0. The molecule has 2 aromatic rings. The molecule has 0 amide bonds. The van der Waals surface area contributed by atoms with Gasteiger partial charge in [0.2, 0.25) is 0 Å². The van der Waals surface area contributed by atoms with Crippen molar-refractivity contribution in [1.29, 1.82) is 0 Å². The Morgan fingerprint density at radius 1 is 1.18 bits per heavy atom. The molecule has 1 aromatic heterocycles. The van der Waals surface area contributed by atoms with Gasteiger partial charge in [0.25, 0.3) is 0 Å². The molecule has 1 aliphatic rings. The van der Waals surface area contributed by atoms with Crippen LogP contribution in [0, 0.1) is 6.92 Å². The van der Waals surface area contributed by atoms with Crippen LogP contribution in [0.1, 0.15) is 5.69 Å². The maximum absolute atomic E-state index is 5.39. The van der Waals surface area contributed by atoms with Crippen LogP contribution < -0.4 is 4.90 Å². The van der Waals surface area contributed by atoms with E-state index in [1.54, 1.807) is 0 Å². The van der Waals surface area contributed by atoms with Gasteiger partial charge in [0, 0.05) is 24.2 Å². The number of aryl methyl sites for hydroxylation is 1. The monoisotopic (exact) mass is 228 g/mol. The Morgan fingerprint density at radius 3 is 2.76 bits per heavy atom. The van der Waals surface area contributed by atoms with Crippen LogP contribution in [0.2, 0.25) is 0 Å². The van der Waals surface area contributed by atoms with Crippen LogP contribution in [0.4, 0.5) is 5.82 Å². The minimum Gasteiger partial charge on any atom is -0.378 e. The smallest absolute Gasteiger partial charge is 0.136 e. The molecule has 3 rings (SSSR count). The van der Waals surface area contributed by atoms with Crippen LogP contribution in [0.15, 0.2) is 30.3 Å². The molecule has 1 aromatic carbocycles. The molecule has 0 spiro atoms. The van der Waals surface area contributed by atoms with Crippen molar-refractivity contribution >= 4 is 16.6 Å². The lowest BCUT2D eigenvalue weighted by molar-refractivity contribution is 0.122. The molecule has 1 fully saturated rings. The molecule has 17 heavy (non-hydrogen) atoms. The highest BCUT2D eigenvalue weighted by molar-refractivity contribution is 5.92. The van der Waals surface area contributed by atoms with Crippen LogP contribution in [-0.4, -0.2) is 31.3 Å². The van der Waals surface area contributed by atoms with Crippen molar-refractivity contribution in [2.24, 2.45) is 0 Å². The van der Waals surface area contributed by atoms with Crippen molar-refractivity contribution in [1.82, 2.24) is 4.98 Å². The van der Waals surface area contributed by atoms with Gasteiger partial charge in [-0.15, -0.1) is 0 Å². The van der Waals surface area contributed by atoms with Crippen LogP contribution >= 0.6 is 0 Å². The number of pyridine rings is 1. The number of ether oxygens (including phenoxy) is 1. The summed E-state index contributed by atoms with van der Waals surface area (Å²) in [5.74, 6) is 1.10.